The number of thiazole rings is 1. The van der Waals surface area contributed by atoms with Gasteiger partial charge in [0.25, 0.3) is 0 Å². The molecule has 188 valence electrons. The van der Waals surface area contributed by atoms with E-state index in [1.807, 2.05) is 30.9 Å². The summed E-state index contributed by atoms with van der Waals surface area (Å²) in [5.41, 5.74) is 1.40. The molecule has 3 rings (SSSR count). The number of alkyl halides is 3. The molecule has 0 aliphatic carbocycles. The Morgan fingerprint density at radius 1 is 1.14 bits per heavy atom. The third kappa shape index (κ3) is 6.41. The summed E-state index contributed by atoms with van der Waals surface area (Å²) in [7, 11) is 0. The van der Waals surface area contributed by atoms with E-state index in [9.17, 15) is 23.1 Å². The Balaban J connectivity index is 1.99. The highest BCUT2D eigenvalue weighted by Gasteiger charge is 2.37. The average molecular weight is 507 g/mol. The van der Waals surface area contributed by atoms with Crippen molar-refractivity contribution in [3.8, 4) is 5.75 Å². The van der Waals surface area contributed by atoms with Crippen LogP contribution in [0.1, 0.15) is 60.5 Å². The van der Waals surface area contributed by atoms with Gasteiger partial charge in [-0.3, -0.25) is 4.90 Å². The van der Waals surface area contributed by atoms with E-state index in [1.54, 1.807) is 29.8 Å². The molecule has 1 N–H and O–H groups in total. The number of rotatable bonds is 10. The normalized spacial score (nSPS) is 13.1. The predicted molar refractivity (Wildman–Crippen MR) is 130 cm³/mol. The van der Waals surface area contributed by atoms with Crippen molar-refractivity contribution < 1.29 is 27.8 Å². The van der Waals surface area contributed by atoms with Crippen molar-refractivity contribution in [1.29, 1.82) is 0 Å². The number of halogens is 3. The van der Waals surface area contributed by atoms with Crippen molar-refractivity contribution >= 4 is 17.3 Å². The molecule has 5 nitrogen and oxygen atoms in total. The fourth-order valence-corrected chi connectivity index (χ4v) is 4.85. The molecular formula is C26H29F3N2O3S. The maximum Gasteiger partial charge on any atom is 0.416 e. The molecule has 0 fully saturated rings. The number of carboxylic acid groups (broad SMARTS) is 1. The molecule has 1 unspecified atom stereocenters. The number of hydrogen-bond acceptors (Lipinski definition) is 5. The second-order valence-electron chi connectivity index (χ2n) is 8.82. The minimum Gasteiger partial charge on any atom is -0.478 e. The summed E-state index contributed by atoms with van der Waals surface area (Å²) in [6.45, 7) is 7.70. The van der Waals surface area contributed by atoms with Gasteiger partial charge in [0, 0.05) is 11.4 Å². The summed E-state index contributed by atoms with van der Waals surface area (Å²) in [6.07, 6.45) is -3.74. The van der Waals surface area contributed by atoms with E-state index in [0.717, 1.165) is 22.9 Å². The summed E-state index contributed by atoms with van der Waals surface area (Å²) in [5, 5.41) is 9.28. The molecule has 1 heterocycles. The number of aryl methyl sites for hydroxylation is 1. The molecule has 9 heteroatoms. The summed E-state index contributed by atoms with van der Waals surface area (Å²) in [6, 6.07) is 12.1. The van der Waals surface area contributed by atoms with Gasteiger partial charge >= 0.3 is 12.1 Å². The molecule has 1 aromatic heterocycles. The second kappa shape index (κ2) is 10.8. The number of aliphatic carboxylic acids is 1. The highest BCUT2D eigenvalue weighted by molar-refractivity contribution is 7.09. The molecule has 0 saturated heterocycles. The van der Waals surface area contributed by atoms with Crippen LogP contribution in [0.4, 0.5) is 13.2 Å². The van der Waals surface area contributed by atoms with Crippen molar-refractivity contribution in [3.63, 3.8) is 0 Å². The fourth-order valence-electron chi connectivity index (χ4n) is 3.89. The molecule has 0 spiro atoms. The Labute approximate surface area is 207 Å². The van der Waals surface area contributed by atoms with Crippen LogP contribution in [0.25, 0.3) is 0 Å². The van der Waals surface area contributed by atoms with E-state index in [0.29, 0.717) is 24.5 Å². The van der Waals surface area contributed by atoms with Gasteiger partial charge in [0.05, 0.1) is 22.8 Å². The van der Waals surface area contributed by atoms with Crippen LogP contribution in [-0.4, -0.2) is 33.1 Å². The first-order valence-corrected chi connectivity index (χ1v) is 12.1. The van der Waals surface area contributed by atoms with Crippen LogP contribution in [-0.2, 0) is 17.5 Å². The third-order valence-electron chi connectivity index (χ3n) is 5.66. The molecule has 0 aliphatic rings. The summed E-state index contributed by atoms with van der Waals surface area (Å²) < 4.78 is 47.5. The summed E-state index contributed by atoms with van der Waals surface area (Å²) in [4.78, 5) is 18.5. The zero-order valence-electron chi connectivity index (χ0n) is 20.1. The number of nitrogens with zero attached hydrogens (tertiary/aromatic N) is 2. The van der Waals surface area contributed by atoms with E-state index < -0.39 is 29.4 Å². The Kier molecular flexibility index (Phi) is 8.22. The Morgan fingerprint density at radius 2 is 1.80 bits per heavy atom. The fraction of sp³-hybridized carbons (Fsp3) is 0.385. The van der Waals surface area contributed by atoms with Crippen LogP contribution in [0.5, 0.6) is 5.75 Å². The van der Waals surface area contributed by atoms with Crippen molar-refractivity contribution in [2.75, 3.05) is 6.54 Å². The van der Waals surface area contributed by atoms with Crippen LogP contribution in [0.15, 0.2) is 54.0 Å². The molecule has 3 aromatic rings. The summed E-state index contributed by atoms with van der Waals surface area (Å²) >= 11 is 1.35. The maximum atomic E-state index is 14.0. The van der Waals surface area contributed by atoms with Crippen molar-refractivity contribution in [3.05, 3.63) is 81.3 Å². The van der Waals surface area contributed by atoms with Gasteiger partial charge in [0.2, 0.25) is 0 Å². The van der Waals surface area contributed by atoms with Gasteiger partial charge in [-0.2, -0.15) is 13.2 Å². The predicted octanol–water partition coefficient (Wildman–Crippen LogP) is 6.71. The minimum absolute atomic E-state index is 0.198. The van der Waals surface area contributed by atoms with Crippen LogP contribution < -0.4 is 4.74 Å². The van der Waals surface area contributed by atoms with Gasteiger partial charge in [-0.15, -0.1) is 11.3 Å². The Hall–Kier alpha value is -2.91. The number of carboxylic acids is 1. The average Bonchev–Trinajstić information content (AvgIpc) is 3.20. The zero-order chi connectivity index (χ0) is 25.8. The largest absolute Gasteiger partial charge is 0.478 e. The first-order valence-electron chi connectivity index (χ1n) is 11.3. The van der Waals surface area contributed by atoms with Crippen LogP contribution >= 0.6 is 11.3 Å². The van der Waals surface area contributed by atoms with Gasteiger partial charge in [-0.05, 0) is 63.1 Å². The first kappa shape index (κ1) is 26.7. The van der Waals surface area contributed by atoms with E-state index >= 15 is 0 Å². The summed E-state index contributed by atoms with van der Waals surface area (Å²) in [5.74, 6) is -0.678. The lowest BCUT2D eigenvalue weighted by atomic mass is 9.95. The van der Waals surface area contributed by atoms with E-state index in [1.165, 1.54) is 31.3 Å². The molecular weight excluding hydrogens is 477 g/mol. The highest BCUT2D eigenvalue weighted by Crippen LogP contribution is 2.41. The van der Waals surface area contributed by atoms with Gasteiger partial charge in [0.15, 0.2) is 5.60 Å². The van der Waals surface area contributed by atoms with Gasteiger partial charge in [-0.25, -0.2) is 9.78 Å². The standard InChI is InChI=1S/C26H29F3N2O3S/c1-5-14-31(15-18-10-12-19(13-11-18)34-25(3,4)24(32)33)22(23-17(2)30-16-35-23)20-8-6-7-9-21(20)26(27,28)29/h6-13,16,22H,5,14-15H2,1-4H3,(H,32,33). The van der Waals surface area contributed by atoms with E-state index in [4.69, 9.17) is 4.74 Å². The van der Waals surface area contributed by atoms with Crippen molar-refractivity contribution in [2.24, 2.45) is 0 Å². The first-order chi connectivity index (χ1) is 16.4. The van der Waals surface area contributed by atoms with Crippen LogP contribution in [0, 0.1) is 6.92 Å². The SMILES string of the molecule is CCCN(Cc1ccc(OC(C)(C)C(=O)O)cc1)C(c1ccccc1C(F)(F)F)c1scnc1C. The highest BCUT2D eigenvalue weighted by atomic mass is 32.1. The zero-order valence-corrected chi connectivity index (χ0v) is 20.9. The topological polar surface area (TPSA) is 62.7 Å². The number of aromatic nitrogens is 1. The second-order valence-corrected chi connectivity index (χ2v) is 9.71. The third-order valence-corrected chi connectivity index (χ3v) is 6.65. The van der Waals surface area contributed by atoms with Gasteiger partial charge in [-0.1, -0.05) is 37.3 Å². The van der Waals surface area contributed by atoms with E-state index in [-0.39, 0.29) is 5.56 Å². The Morgan fingerprint density at radius 3 is 2.34 bits per heavy atom. The van der Waals surface area contributed by atoms with Gasteiger partial charge < -0.3 is 9.84 Å². The van der Waals surface area contributed by atoms with Crippen LogP contribution in [0.2, 0.25) is 0 Å². The Bertz CT molecular complexity index is 1140. The molecule has 0 radical (unpaired) electrons. The number of hydrogen-bond donors (Lipinski definition) is 1. The smallest absolute Gasteiger partial charge is 0.416 e. The molecule has 0 amide bonds. The monoisotopic (exact) mass is 506 g/mol. The van der Waals surface area contributed by atoms with E-state index in [2.05, 4.69) is 4.98 Å². The number of carbonyl (C=O) groups is 1. The maximum absolute atomic E-state index is 14.0. The lowest BCUT2D eigenvalue weighted by molar-refractivity contribution is -0.152. The minimum atomic E-state index is -4.48. The van der Waals surface area contributed by atoms with Crippen molar-refractivity contribution in [2.45, 2.75) is 58.5 Å². The van der Waals surface area contributed by atoms with Crippen molar-refractivity contribution in [1.82, 2.24) is 9.88 Å². The molecule has 1 atom stereocenters. The number of benzene rings is 2. The molecule has 2 aromatic carbocycles. The lowest BCUT2D eigenvalue weighted by Gasteiger charge is -2.33. The lowest BCUT2D eigenvalue weighted by Crippen LogP contribution is -2.37. The molecule has 0 bridgehead atoms. The molecule has 35 heavy (non-hydrogen) atoms. The molecule has 0 saturated carbocycles. The number of ether oxygens (including phenoxy) is 1. The van der Waals surface area contributed by atoms with Gasteiger partial charge in [0.1, 0.15) is 5.75 Å². The molecule has 0 aliphatic heterocycles. The quantitative estimate of drug-likeness (QED) is 0.331. The van der Waals surface area contributed by atoms with Crippen LogP contribution in [0.3, 0.4) is 0 Å².